The topological polar surface area (TPSA) is 227 Å². The number of unbranched alkanes of at least 4 members (excludes halogenated alkanes) is 2. The van der Waals surface area contributed by atoms with E-state index in [1.54, 1.807) is 78.8 Å². The maximum absolute atomic E-state index is 14.8. The summed E-state index contributed by atoms with van der Waals surface area (Å²) < 4.78 is 17.2. The molecule has 1 heterocycles. The van der Waals surface area contributed by atoms with Crippen LogP contribution in [-0.2, 0) is 59.0 Å². The molecular formula is C53H83N5O12. The summed E-state index contributed by atoms with van der Waals surface area (Å²) in [5, 5.41) is 19.6. The van der Waals surface area contributed by atoms with Crippen LogP contribution in [0, 0.1) is 17.8 Å². The second-order valence-corrected chi connectivity index (χ2v) is 20.2. The molecule has 0 radical (unpaired) electrons. The molecule has 1 aliphatic heterocycles. The van der Waals surface area contributed by atoms with E-state index in [0.29, 0.717) is 36.8 Å². The zero-order chi connectivity index (χ0) is 53.0. The van der Waals surface area contributed by atoms with Gasteiger partial charge in [-0.3, -0.25) is 28.8 Å². The molecule has 0 saturated heterocycles. The molecule has 0 fully saturated rings. The molecule has 9 atom stereocenters. The normalized spacial score (nSPS) is 26.3. The maximum atomic E-state index is 14.8. The first kappa shape index (κ1) is 60.5. The van der Waals surface area contributed by atoms with Gasteiger partial charge in [0.15, 0.2) is 6.10 Å². The van der Waals surface area contributed by atoms with Gasteiger partial charge in [-0.25, -0.2) is 9.59 Å². The van der Waals surface area contributed by atoms with Crippen LogP contribution in [0.25, 0.3) is 0 Å². The lowest BCUT2D eigenvalue weighted by atomic mass is 9.90. The monoisotopic (exact) mass is 982 g/mol. The third-order valence-corrected chi connectivity index (χ3v) is 12.5. The zero-order valence-corrected chi connectivity index (χ0v) is 44.2. The van der Waals surface area contributed by atoms with E-state index < -0.39 is 108 Å². The molecule has 1 aliphatic rings. The Hall–Kier alpha value is -5.58. The smallest absolute Gasteiger partial charge is 0.334 e. The largest absolute Gasteiger partial charge is 0.460 e. The molecule has 17 heteroatoms. The van der Waals surface area contributed by atoms with Gasteiger partial charge in [-0.1, -0.05) is 96.4 Å². The van der Waals surface area contributed by atoms with Gasteiger partial charge in [0.25, 0.3) is 5.91 Å². The number of cyclic esters (lactones) is 2. The van der Waals surface area contributed by atoms with Crippen LogP contribution in [0.3, 0.4) is 0 Å². The number of allylic oxidation sites excluding steroid dienone is 1. The third-order valence-electron chi connectivity index (χ3n) is 12.5. The van der Waals surface area contributed by atoms with Gasteiger partial charge in [-0.05, 0) is 97.1 Å². The Bertz CT molecular complexity index is 2000. The molecule has 392 valence electrons. The van der Waals surface area contributed by atoms with Crippen LogP contribution in [0.2, 0.25) is 0 Å². The molecule has 1 aromatic carbocycles. The molecule has 4 N–H and O–H groups in total. The molecule has 0 unspecified atom stereocenters. The van der Waals surface area contributed by atoms with Crippen molar-refractivity contribution in [3.8, 4) is 0 Å². The molecule has 1 aromatic rings. The predicted molar refractivity (Wildman–Crippen MR) is 266 cm³/mol. The molecule has 0 bridgehead atoms. The molecular weight excluding hydrogens is 899 g/mol. The minimum atomic E-state index is -1.33. The van der Waals surface area contributed by atoms with Gasteiger partial charge in [0.1, 0.15) is 35.9 Å². The number of amides is 5. The van der Waals surface area contributed by atoms with Crippen molar-refractivity contribution in [2.75, 3.05) is 20.6 Å². The second-order valence-electron chi connectivity index (χ2n) is 20.2. The lowest BCUT2D eigenvalue weighted by Gasteiger charge is -2.34. The number of esters is 3. The van der Waals surface area contributed by atoms with Crippen LogP contribution in [0.15, 0.2) is 53.6 Å². The molecule has 70 heavy (non-hydrogen) atoms. The van der Waals surface area contributed by atoms with Crippen LogP contribution in [-0.4, -0.2) is 131 Å². The van der Waals surface area contributed by atoms with Crippen LogP contribution in [0.5, 0.6) is 0 Å². The molecule has 2 rings (SSSR count). The lowest BCUT2D eigenvalue weighted by molar-refractivity contribution is -0.155. The SMILES string of the molecule is C/C=C(\C)[C@H]1OC(=O)[C@@H](C)NC(=O)[C@H]([C@H](C)CC)NC(=O)CN(C)C(=O)[C@@H](Cc2ccccc2)N(C)C(=O)[C@H](CCCCCC(=O)OC(C)(C)C)NC(=O)[C@@H](CC(C)C)OC(=O)/C(C)=C/C[C@H](O)[C@@H]1C. The minimum Gasteiger partial charge on any atom is -0.460 e. The van der Waals surface area contributed by atoms with Crippen molar-refractivity contribution in [1.29, 1.82) is 0 Å². The summed E-state index contributed by atoms with van der Waals surface area (Å²) in [6, 6.07) is 4.33. The molecule has 17 nitrogen and oxygen atoms in total. The molecule has 0 saturated carbocycles. The van der Waals surface area contributed by atoms with Gasteiger partial charge in [-0.15, -0.1) is 0 Å². The first-order valence-corrected chi connectivity index (χ1v) is 24.8. The Kier molecular flexibility index (Phi) is 25.0. The number of nitrogens with one attached hydrogen (secondary N) is 3. The highest BCUT2D eigenvalue weighted by Crippen LogP contribution is 2.24. The van der Waals surface area contributed by atoms with Crippen LogP contribution >= 0.6 is 0 Å². The fraction of sp³-hybridized carbons (Fsp3) is 0.660. The van der Waals surface area contributed by atoms with Crippen molar-refractivity contribution < 1.29 is 57.7 Å². The number of aliphatic hydroxyl groups excluding tert-OH is 1. The van der Waals surface area contributed by atoms with Gasteiger partial charge >= 0.3 is 17.9 Å². The molecule has 0 aromatic heterocycles. The van der Waals surface area contributed by atoms with Crippen LogP contribution < -0.4 is 16.0 Å². The highest BCUT2D eigenvalue weighted by Gasteiger charge is 2.38. The minimum absolute atomic E-state index is 0.0391. The van der Waals surface area contributed by atoms with Crippen molar-refractivity contribution in [1.82, 2.24) is 25.8 Å². The van der Waals surface area contributed by atoms with Gasteiger partial charge in [-0.2, -0.15) is 0 Å². The van der Waals surface area contributed by atoms with Crippen molar-refractivity contribution in [2.45, 2.75) is 189 Å². The summed E-state index contributed by atoms with van der Waals surface area (Å²) in [5.74, 6) is -6.45. The average molecular weight is 982 g/mol. The second kappa shape index (κ2) is 28.9. The Balaban J connectivity index is 2.72. The fourth-order valence-corrected chi connectivity index (χ4v) is 7.83. The molecule has 0 spiro atoms. The van der Waals surface area contributed by atoms with E-state index in [9.17, 15) is 43.5 Å². The van der Waals surface area contributed by atoms with E-state index >= 15 is 0 Å². The first-order chi connectivity index (χ1) is 32.7. The highest BCUT2D eigenvalue weighted by atomic mass is 16.6. The van der Waals surface area contributed by atoms with Gasteiger partial charge in [0.05, 0.1) is 12.6 Å². The number of ether oxygens (including phenoxy) is 3. The number of likely N-dealkylation sites (N-methyl/N-ethyl adjacent to an activating group) is 2. The summed E-state index contributed by atoms with van der Waals surface area (Å²) in [7, 11) is 2.86. The van der Waals surface area contributed by atoms with Crippen LogP contribution in [0.1, 0.15) is 140 Å². The maximum Gasteiger partial charge on any atom is 0.334 e. The number of benzene rings is 1. The fourth-order valence-electron chi connectivity index (χ4n) is 7.83. The van der Waals surface area contributed by atoms with E-state index in [-0.39, 0.29) is 49.6 Å². The summed E-state index contributed by atoms with van der Waals surface area (Å²) in [6.45, 7) is 20.3. The van der Waals surface area contributed by atoms with Gasteiger partial charge in [0, 0.05) is 38.4 Å². The lowest BCUT2D eigenvalue weighted by Crippen LogP contribution is -2.58. The van der Waals surface area contributed by atoms with Gasteiger partial charge in [0.2, 0.25) is 23.6 Å². The van der Waals surface area contributed by atoms with E-state index in [1.165, 1.54) is 43.8 Å². The highest BCUT2D eigenvalue weighted by molar-refractivity contribution is 5.96. The first-order valence-electron chi connectivity index (χ1n) is 24.8. The van der Waals surface area contributed by atoms with E-state index in [2.05, 4.69) is 16.0 Å². The number of hydrogen-bond donors (Lipinski definition) is 4. The zero-order valence-electron chi connectivity index (χ0n) is 44.2. The van der Waals surface area contributed by atoms with E-state index in [0.717, 1.165) is 0 Å². The van der Waals surface area contributed by atoms with Crippen LogP contribution in [0.4, 0.5) is 0 Å². The van der Waals surface area contributed by atoms with E-state index in [1.807, 2.05) is 26.8 Å². The van der Waals surface area contributed by atoms with Gasteiger partial charge < -0.3 is 45.1 Å². The van der Waals surface area contributed by atoms with Crippen molar-refractivity contribution >= 4 is 47.4 Å². The Morgan fingerprint density at radius 1 is 0.914 bits per heavy atom. The number of carbonyl (C=O) groups excluding carboxylic acids is 8. The van der Waals surface area contributed by atoms with Crippen molar-refractivity contribution in [2.24, 2.45) is 17.8 Å². The third kappa shape index (κ3) is 20.0. The Labute approximate surface area is 416 Å². The van der Waals surface area contributed by atoms with E-state index in [4.69, 9.17) is 14.2 Å². The Morgan fingerprint density at radius 2 is 1.56 bits per heavy atom. The number of aliphatic hydroxyl groups is 1. The quantitative estimate of drug-likeness (QED) is 0.0831. The predicted octanol–water partition coefficient (Wildman–Crippen LogP) is 5.51. The number of nitrogens with zero attached hydrogens (tertiary/aromatic N) is 2. The Morgan fingerprint density at radius 3 is 2.14 bits per heavy atom. The average Bonchev–Trinajstić information content (AvgIpc) is 3.29. The molecule has 5 amide bonds. The summed E-state index contributed by atoms with van der Waals surface area (Å²) in [4.78, 5) is 113. The summed E-state index contributed by atoms with van der Waals surface area (Å²) in [5.41, 5.74) is 0.799. The number of rotatable bonds is 13. The summed E-state index contributed by atoms with van der Waals surface area (Å²) in [6.07, 6.45) is 2.00. The number of carbonyl (C=O) groups is 8. The van der Waals surface area contributed by atoms with Crippen molar-refractivity contribution in [3.63, 3.8) is 0 Å². The standard InChI is InChI=1S/C53H83N5O12/c1-15-33(5)45-48(63)54-37(9)52(67)69-46(34(6)16-2)36(8)41(59)28-27-35(7)51(66)68-42(29-32(3)4)47(62)55-39(25-21-18-22-26-44(61)70-53(10,11)12)49(64)58(14)40(30-38-23-19-17-20-24-38)50(65)57(13)31-43(60)56-45/h16-17,19-20,23-24,27,32-33,36-37,39-42,45-46,59H,15,18,21-22,25-26,28-31H2,1-14H3,(H,54,63)(H,55,62)(H,56,60)/b34-16+,35-27+/t33-,36+,37-,39+,40-,41+,42-,45+,46-/m1/s1. The number of hydrogen-bond acceptors (Lipinski definition) is 12. The summed E-state index contributed by atoms with van der Waals surface area (Å²) >= 11 is 0. The van der Waals surface area contributed by atoms with Crippen molar-refractivity contribution in [3.05, 3.63) is 59.2 Å². The molecule has 0 aliphatic carbocycles.